The van der Waals surface area contributed by atoms with E-state index in [9.17, 15) is 9.59 Å². The van der Waals surface area contributed by atoms with Crippen LogP contribution < -0.4 is 5.73 Å². The summed E-state index contributed by atoms with van der Waals surface area (Å²) in [5.74, 6) is 0.0260. The van der Waals surface area contributed by atoms with E-state index in [1.54, 1.807) is 6.20 Å². The van der Waals surface area contributed by atoms with E-state index in [2.05, 4.69) is 10.1 Å². The fraction of sp³-hybridized carbons (Fsp3) is 0.556. The standard InChI is InChI=1S/C18H25N5O2/c1-11(2)23-17-15(10-20-23)14(8-12(3)21-17)18(25)22-6-4-13(5-7-22)9-16(19)24/h8,10-11,13H,4-7,9H2,1-3H3,(H2,19,24). The zero-order chi connectivity index (χ0) is 18.1. The number of amides is 2. The second-order valence-corrected chi connectivity index (χ2v) is 7.14. The van der Waals surface area contributed by atoms with Crippen LogP contribution in [0.25, 0.3) is 11.0 Å². The summed E-state index contributed by atoms with van der Waals surface area (Å²) in [6, 6.07) is 2.02. The molecule has 2 amide bonds. The van der Waals surface area contributed by atoms with Crippen LogP contribution in [0.1, 0.15) is 55.2 Å². The van der Waals surface area contributed by atoms with Gasteiger partial charge in [0.2, 0.25) is 5.91 Å². The maximum Gasteiger partial charge on any atom is 0.254 e. The van der Waals surface area contributed by atoms with Crippen LogP contribution in [0.15, 0.2) is 12.3 Å². The second-order valence-electron chi connectivity index (χ2n) is 7.14. The van der Waals surface area contributed by atoms with E-state index < -0.39 is 0 Å². The van der Waals surface area contributed by atoms with Gasteiger partial charge in [-0.1, -0.05) is 0 Å². The number of rotatable bonds is 4. The van der Waals surface area contributed by atoms with Crippen LogP contribution in [0.3, 0.4) is 0 Å². The van der Waals surface area contributed by atoms with Gasteiger partial charge in [0.05, 0.1) is 17.1 Å². The number of fused-ring (bicyclic) bond motifs is 1. The van der Waals surface area contributed by atoms with Gasteiger partial charge in [-0.2, -0.15) is 5.10 Å². The van der Waals surface area contributed by atoms with Crippen molar-refractivity contribution >= 4 is 22.8 Å². The Morgan fingerprint density at radius 1 is 1.32 bits per heavy atom. The quantitative estimate of drug-likeness (QED) is 0.919. The van der Waals surface area contributed by atoms with Gasteiger partial charge in [0.25, 0.3) is 5.91 Å². The Kier molecular flexibility index (Phi) is 4.74. The van der Waals surface area contributed by atoms with Crippen molar-refractivity contribution in [1.29, 1.82) is 0 Å². The summed E-state index contributed by atoms with van der Waals surface area (Å²) in [5.41, 5.74) is 7.49. The molecule has 25 heavy (non-hydrogen) atoms. The molecule has 1 fully saturated rings. The highest BCUT2D eigenvalue weighted by molar-refractivity contribution is 6.05. The third kappa shape index (κ3) is 3.50. The maximum absolute atomic E-state index is 13.0. The number of carbonyl (C=O) groups excluding carboxylic acids is 2. The van der Waals surface area contributed by atoms with E-state index in [0.717, 1.165) is 29.6 Å². The Labute approximate surface area is 147 Å². The molecule has 0 aliphatic carbocycles. The first-order chi connectivity index (χ1) is 11.9. The van der Waals surface area contributed by atoms with Crippen LogP contribution in [-0.4, -0.2) is 44.6 Å². The Bertz CT molecular complexity index is 803. The molecule has 7 nitrogen and oxygen atoms in total. The largest absolute Gasteiger partial charge is 0.370 e. The molecule has 0 radical (unpaired) electrons. The first-order valence-corrected chi connectivity index (χ1v) is 8.79. The lowest BCUT2D eigenvalue weighted by Gasteiger charge is -2.31. The molecule has 2 aromatic heterocycles. The smallest absolute Gasteiger partial charge is 0.254 e. The Morgan fingerprint density at radius 3 is 2.60 bits per heavy atom. The number of primary amides is 1. The predicted octanol–water partition coefficient (Wildman–Crippen LogP) is 2.05. The lowest BCUT2D eigenvalue weighted by molar-refractivity contribution is -0.119. The average molecular weight is 343 g/mol. The van der Waals surface area contributed by atoms with E-state index in [4.69, 9.17) is 5.73 Å². The first kappa shape index (κ1) is 17.4. The molecule has 3 heterocycles. The van der Waals surface area contributed by atoms with E-state index in [1.807, 2.05) is 36.4 Å². The van der Waals surface area contributed by atoms with E-state index in [0.29, 0.717) is 25.1 Å². The van der Waals surface area contributed by atoms with Gasteiger partial charge < -0.3 is 10.6 Å². The number of likely N-dealkylation sites (tertiary alicyclic amines) is 1. The van der Waals surface area contributed by atoms with Crippen LogP contribution >= 0.6 is 0 Å². The molecule has 134 valence electrons. The van der Waals surface area contributed by atoms with E-state index in [-0.39, 0.29) is 23.8 Å². The van der Waals surface area contributed by atoms with Crippen molar-refractivity contribution in [2.45, 2.75) is 46.1 Å². The van der Waals surface area contributed by atoms with Gasteiger partial charge in [0.1, 0.15) is 0 Å². The number of nitrogens with two attached hydrogens (primary N) is 1. The van der Waals surface area contributed by atoms with Crippen molar-refractivity contribution in [3.8, 4) is 0 Å². The summed E-state index contributed by atoms with van der Waals surface area (Å²) in [6.45, 7) is 7.28. The van der Waals surface area contributed by atoms with Gasteiger partial charge in [-0.3, -0.25) is 9.59 Å². The minimum absolute atomic E-state index is 0.0105. The van der Waals surface area contributed by atoms with Crippen molar-refractivity contribution in [2.24, 2.45) is 11.7 Å². The van der Waals surface area contributed by atoms with E-state index >= 15 is 0 Å². The normalized spacial score (nSPS) is 15.9. The summed E-state index contributed by atoms with van der Waals surface area (Å²) in [4.78, 5) is 30.5. The van der Waals surface area contributed by atoms with Crippen LogP contribution in [0, 0.1) is 12.8 Å². The minimum Gasteiger partial charge on any atom is -0.370 e. The number of aryl methyl sites for hydroxylation is 1. The van der Waals surface area contributed by atoms with Crippen molar-refractivity contribution in [2.75, 3.05) is 13.1 Å². The monoisotopic (exact) mass is 343 g/mol. The van der Waals surface area contributed by atoms with Gasteiger partial charge in [-0.25, -0.2) is 9.67 Å². The molecule has 0 unspecified atom stereocenters. The van der Waals surface area contributed by atoms with Crippen molar-refractivity contribution in [1.82, 2.24) is 19.7 Å². The van der Waals surface area contributed by atoms with Crippen LogP contribution in [-0.2, 0) is 4.79 Å². The van der Waals surface area contributed by atoms with Crippen LogP contribution in [0.5, 0.6) is 0 Å². The van der Waals surface area contributed by atoms with Gasteiger partial charge in [-0.15, -0.1) is 0 Å². The van der Waals surface area contributed by atoms with Crippen LogP contribution in [0.4, 0.5) is 0 Å². The van der Waals surface area contributed by atoms with Gasteiger partial charge in [-0.05, 0) is 45.6 Å². The van der Waals surface area contributed by atoms with E-state index in [1.165, 1.54) is 0 Å². The number of nitrogens with zero attached hydrogens (tertiary/aromatic N) is 4. The summed E-state index contributed by atoms with van der Waals surface area (Å²) in [6.07, 6.45) is 3.76. The molecule has 3 rings (SSSR count). The second kappa shape index (κ2) is 6.82. The Morgan fingerprint density at radius 2 is 2.00 bits per heavy atom. The number of carbonyl (C=O) groups is 2. The highest BCUT2D eigenvalue weighted by atomic mass is 16.2. The fourth-order valence-corrected chi connectivity index (χ4v) is 3.49. The molecule has 1 saturated heterocycles. The van der Waals surface area contributed by atoms with Gasteiger partial charge in [0.15, 0.2) is 5.65 Å². The average Bonchev–Trinajstić information content (AvgIpc) is 2.97. The zero-order valence-corrected chi connectivity index (χ0v) is 15.0. The molecule has 7 heteroatoms. The molecule has 2 aromatic rings. The fourth-order valence-electron chi connectivity index (χ4n) is 3.49. The third-order valence-corrected chi connectivity index (χ3v) is 4.81. The van der Waals surface area contributed by atoms with Gasteiger partial charge >= 0.3 is 0 Å². The van der Waals surface area contributed by atoms with Crippen molar-refractivity contribution in [3.63, 3.8) is 0 Å². The SMILES string of the molecule is Cc1cc(C(=O)N2CCC(CC(N)=O)CC2)c2cnn(C(C)C)c2n1. The molecule has 0 aromatic carbocycles. The molecule has 1 aliphatic rings. The Hall–Kier alpha value is -2.44. The summed E-state index contributed by atoms with van der Waals surface area (Å²) >= 11 is 0. The number of hydrogen-bond donors (Lipinski definition) is 1. The molecule has 0 spiro atoms. The molecular formula is C18H25N5O2. The maximum atomic E-state index is 13.0. The molecule has 2 N–H and O–H groups in total. The number of aromatic nitrogens is 3. The number of pyridine rings is 1. The third-order valence-electron chi connectivity index (χ3n) is 4.81. The van der Waals surface area contributed by atoms with Gasteiger partial charge in [0, 0.05) is 31.2 Å². The summed E-state index contributed by atoms with van der Waals surface area (Å²) in [7, 11) is 0. The number of hydrogen-bond acceptors (Lipinski definition) is 4. The molecule has 0 atom stereocenters. The first-order valence-electron chi connectivity index (χ1n) is 8.79. The lowest BCUT2D eigenvalue weighted by Crippen LogP contribution is -2.39. The minimum atomic E-state index is -0.266. The van der Waals surface area contributed by atoms with Crippen molar-refractivity contribution in [3.05, 3.63) is 23.5 Å². The summed E-state index contributed by atoms with van der Waals surface area (Å²) in [5, 5.41) is 5.20. The highest BCUT2D eigenvalue weighted by Gasteiger charge is 2.26. The van der Waals surface area contributed by atoms with Crippen LogP contribution in [0.2, 0.25) is 0 Å². The molecule has 1 aliphatic heterocycles. The Balaban J connectivity index is 1.85. The zero-order valence-electron chi connectivity index (χ0n) is 15.0. The lowest BCUT2D eigenvalue weighted by atomic mass is 9.93. The van der Waals surface area contributed by atoms with Crippen molar-refractivity contribution < 1.29 is 9.59 Å². The topological polar surface area (TPSA) is 94.1 Å². The molecule has 0 saturated carbocycles. The summed E-state index contributed by atoms with van der Waals surface area (Å²) < 4.78 is 1.85. The predicted molar refractivity (Wildman–Crippen MR) is 95.1 cm³/mol. The number of piperidine rings is 1. The highest BCUT2D eigenvalue weighted by Crippen LogP contribution is 2.25. The molecular weight excluding hydrogens is 318 g/mol. The molecule has 0 bridgehead atoms.